The van der Waals surface area contributed by atoms with Crippen molar-refractivity contribution in [3.8, 4) is 0 Å². The highest BCUT2D eigenvalue weighted by Gasteiger charge is 2.21. The van der Waals surface area contributed by atoms with Crippen molar-refractivity contribution in [3.05, 3.63) is 5.69 Å². The van der Waals surface area contributed by atoms with Crippen molar-refractivity contribution in [2.75, 3.05) is 18.9 Å². The summed E-state index contributed by atoms with van der Waals surface area (Å²) in [5.74, 6) is 0. The molecule has 1 aromatic rings. The molecule has 3 N–H and O–H groups in total. The lowest BCUT2D eigenvalue weighted by molar-refractivity contribution is 0.117. The fourth-order valence-electron chi connectivity index (χ4n) is 2.17. The Morgan fingerprint density at radius 3 is 3.00 bits per heavy atom. The monoisotopic (exact) mass is 242 g/mol. The zero-order chi connectivity index (χ0) is 11.4. The molecule has 0 amide bonds. The number of rotatable bonds is 3. The second kappa shape index (κ2) is 5.56. The number of aliphatic hydroxyl groups excluding tert-OH is 1. The van der Waals surface area contributed by atoms with Crippen molar-refractivity contribution >= 4 is 16.5 Å². The minimum atomic E-state index is 0.220. The van der Waals surface area contributed by atoms with Gasteiger partial charge in [0.05, 0.1) is 6.61 Å². The first kappa shape index (κ1) is 11.8. The molecule has 5 nitrogen and oxygen atoms in total. The highest BCUT2D eigenvalue weighted by Crippen LogP contribution is 2.21. The summed E-state index contributed by atoms with van der Waals surface area (Å²) in [5.41, 5.74) is 6.64. The van der Waals surface area contributed by atoms with Crippen LogP contribution < -0.4 is 5.73 Å². The van der Waals surface area contributed by atoms with Crippen molar-refractivity contribution < 1.29 is 5.11 Å². The average molecular weight is 242 g/mol. The van der Waals surface area contributed by atoms with E-state index in [2.05, 4.69) is 14.5 Å². The number of nitrogen functional groups attached to an aromatic ring is 1. The Kier molecular flexibility index (Phi) is 4.09. The lowest BCUT2D eigenvalue weighted by Gasteiger charge is -2.27. The van der Waals surface area contributed by atoms with Crippen LogP contribution in [0.2, 0.25) is 0 Å². The fraction of sp³-hybridized carbons (Fsp3) is 0.800. The van der Waals surface area contributed by atoms with Crippen LogP contribution in [0.25, 0.3) is 0 Å². The molecule has 0 spiro atoms. The minimum absolute atomic E-state index is 0.220. The van der Waals surface area contributed by atoms with Gasteiger partial charge in [-0.2, -0.15) is 0 Å². The first-order valence-corrected chi connectivity index (χ1v) is 6.50. The minimum Gasteiger partial charge on any atom is -0.395 e. The Morgan fingerprint density at radius 2 is 2.31 bits per heavy atom. The maximum absolute atomic E-state index is 9.38. The number of anilines is 1. The van der Waals surface area contributed by atoms with Crippen LogP contribution in [-0.4, -0.2) is 38.8 Å². The summed E-state index contributed by atoms with van der Waals surface area (Å²) < 4.78 is 3.84. The molecule has 1 unspecified atom stereocenters. The Hall–Kier alpha value is -0.720. The number of nitrogens with two attached hydrogens (primary N) is 1. The molecule has 0 radical (unpaired) electrons. The molecule has 0 aliphatic carbocycles. The van der Waals surface area contributed by atoms with E-state index in [1.165, 1.54) is 30.8 Å². The third-order valence-electron chi connectivity index (χ3n) is 3.15. The molecule has 1 aromatic heterocycles. The van der Waals surface area contributed by atoms with Crippen LogP contribution in [0.15, 0.2) is 0 Å². The van der Waals surface area contributed by atoms with E-state index in [1.54, 1.807) is 0 Å². The van der Waals surface area contributed by atoms with E-state index in [0.29, 0.717) is 11.5 Å². The first-order valence-electron chi connectivity index (χ1n) is 5.73. The summed E-state index contributed by atoms with van der Waals surface area (Å²) in [7, 11) is 0. The smallest absolute Gasteiger partial charge is 0.132 e. The number of aromatic nitrogens is 2. The van der Waals surface area contributed by atoms with Gasteiger partial charge in [-0.1, -0.05) is 17.3 Å². The number of hydrogen-bond acceptors (Lipinski definition) is 6. The first-order chi connectivity index (χ1) is 7.81. The quantitative estimate of drug-likeness (QED) is 0.822. The van der Waals surface area contributed by atoms with Crippen molar-refractivity contribution in [1.29, 1.82) is 0 Å². The standard InChI is InChI=1S/C10H18N4OS/c11-10-9(12-13-16-10)6-14-5-3-1-2-4-8(14)7-15/h8,15H,1-7,11H2. The van der Waals surface area contributed by atoms with Crippen LogP contribution in [0.3, 0.4) is 0 Å². The van der Waals surface area contributed by atoms with E-state index in [0.717, 1.165) is 18.7 Å². The van der Waals surface area contributed by atoms with E-state index in [4.69, 9.17) is 5.73 Å². The van der Waals surface area contributed by atoms with Crippen LogP contribution >= 0.6 is 11.5 Å². The lowest BCUT2D eigenvalue weighted by atomic mass is 10.1. The molecule has 2 heterocycles. The molecule has 1 saturated heterocycles. The number of hydrogen-bond donors (Lipinski definition) is 2. The Balaban J connectivity index is 2.03. The molecule has 0 bridgehead atoms. The van der Waals surface area contributed by atoms with E-state index < -0.39 is 0 Å². The molecule has 2 rings (SSSR count). The number of aliphatic hydroxyl groups is 1. The van der Waals surface area contributed by atoms with Gasteiger partial charge in [0, 0.05) is 24.1 Å². The lowest BCUT2D eigenvalue weighted by Crippen LogP contribution is -2.37. The van der Waals surface area contributed by atoms with E-state index in [9.17, 15) is 5.11 Å². The second-order valence-corrected chi connectivity index (χ2v) is 5.03. The summed E-state index contributed by atoms with van der Waals surface area (Å²) >= 11 is 1.23. The molecule has 0 saturated carbocycles. The maximum atomic E-state index is 9.38. The predicted octanol–water partition coefficient (Wildman–Crippen LogP) is 0.857. The molecule has 1 atom stereocenters. The Morgan fingerprint density at radius 1 is 1.44 bits per heavy atom. The van der Waals surface area contributed by atoms with E-state index in [-0.39, 0.29) is 12.6 Å². The molecule has 1 fully saturated rings. The second-order valence-electron chi connectivity index (χ2n) is 4.24. The molecule has 0 aromatic carbocycles. The van der Waals surface area contributed by atoms with Crippen LogP contribution in [0.4, 0.5) is 5.00 Å². The van der Waals surface area contributed by atoms with Crippen LogP contribution in [-0.2, 0) is 6.54 Å². The average Bonchev–Trinajstić information content (AvgIpc) is 2.56. The van der Waals surface area contributed by atoms with Gasteiger partial charge in [0.15, 0.2) is 0 Å². The van der Waals surface area contributed by atoms with Gasteiger partial charge in [-0.25, -0.2) is 0 Å². The predicted molar refractivity (Wildman–Crippen MR) is 64.1 cm³/mol. The number of likely N-dealkylation sites (tertiary alicyclic amines) is 1. The van der Waals surface area contributed by atoms with Crippen molar-refractivity contribution in [2.24, 2.45) is 0 Å². The highest BCUT2D eigenvalue weighted by atomic mass is 32.1. The van der Waals surface area contributed by atoms with Gasteiger partial charge >= 0.3 is 0 Å². The molecule has 6 heteroatoms. The summed E-state index contributed by atoms with van der Waals surface area (Å²) in [6.45, 7) is 1.95. The Labute approximate surface area is 99.4 Å². The summed E-state index contributed by atoms with van der Waals surface area (Å²) in [6.07, 6.45) is 4.70. The third kappa shape index (κ3) is 2.69. The molecular weight excluding hydrogens is 224 g/mol. The van der Waals surface area contributed by atoms with Gasteiger partial charge in [0.25, 0.3) is 0 Å². The van der Waals surface area contributed by atoms with Crippen molar-refractivity contribution in [1.82, 2.24) is 14.5 Å². The number of nitrogens with zero attached hydrogens (tertiary/aromatic N) is 3. The van der Waals surface area contributed by atoms with E-state index >= 15 is 0 Å². The maximum Gasteiger partial charge on any atom is 0.132 e. The molecule has 1 aliphatic heterocycles. The zero-order valence-corrected chi connectivity index (χ0v) is 10.1. The van der Waals surface area contributed by atoms with Gasteiger partial charge < -0.3 is 10.8 Å². The van der Waals surface area contributed by atoms with Gasteiger partial charge in [0.2, 0.25) is 0 Å². The van der Waals surface area contributed by atoms with Crippen molar-refractivity contribution in [2.45, 2.75) is 38.3 Å². The molecule has 1 aliphatic rings. The van der Waals surface area contributed by atoms with Crippen molar-refractivity contribution in [3.63, 3.8) is 0 Å². The van der Waals surface area contributed by atoms with Gasteiger partial charge in [-0.15, -0.1) is 5.10 Å². The molecule has 16 heavy (non-hydrogen) atoms. The van der Waals surface area contributed by atoms with Gasteiger partial charge in [0.1, 0.15) is 10.7 Å². The molecule has 90 valence electrons. The topological polar surface area (TPSA) is 75.3 Å². The highest BCUT2D eigenvalue weighted by molar-refractivity contribution is 7.09. The van der Waals surface area contributed by atoms with Gasteiger partial charge in [-0.3, -0.25) is 4.90 Å². The third-order valence-corrected chi connectivity index (χ3v) is 3.74. The van der Waals surface area contributed by atoms with Crippen LogP contribution in [0.1, 0.15) is 31.4 Å². The summed E-state index contributed by atoms with van der Waals surface area (Å²) in [4.78, 5) is 2.28. The zero-order valence-electron chi connectivity index (χ0n) is 9.30. The van der Waals surface area contributed by atoms with Gasteiger partial charge in [-0.05, 0) is 19.4 Å². The van der Waals surface area contributed by atoms with Crippen LogP contribution in [0, 0.1) is 0 Å². The normalized spacial score (nSPS) is 23.2. The Bertz CT molecular complexity index is 330. The summed E-state index contributed by atoms with van der Waals surface area (Å²) in [5, 5.41) is 14.1. The van der Waals surface area contributed by atoms with E-state index in [1.807, 2.05) is 0 Å². The van der Waals surface area contributed by atoms with Crippen LogP contribution in [0.5, 0.6) is 0 Å². The summed E-state index contributed by atoms with van der Waals surface area (Å²) in [6, 6.07) is 0.253. The SMILES string of the molecule is Nc1snnc1CN1CCCCCC1CO. The molecular formula is C10H18N4OS. The fourth-order valence-corrected chi connectivity index (χ4v) is 2.61. The largest absolute Gasteiger partial charge is 0.395 e.